The van der Waals surface area contributed by atoms with Gasteiger partial charge in [0.2, 0.25) is 11.8 Å². The molecule has 0 aliphatic heterocycles. The van der Waals surface area contributed by atoms with Gasteiger partial charge < -0.3 is 18.6 Å². The normalized spacial score (nSPS) is 14.2. The number of aromatic nitrogens is 2. The Morgan fingerprint density at radius 1 is 1.12 bits per heavy atom. The molecule has 4 rings (SSSR count). The summed E-state index contributed by atoms with van der Waals surface area (Å²) in [6.45, 7) is 1.75. The van der Waals surface area contributed by atoms with Gasteiger partial charge in [-0.15, -0.1) is 10.2 Å². The van der Waals surface area contributed by atoms with Crippen molar-refractivity contribution in [3.8, 4) is 34.8 Å². The fourth-order valence-corrected chi connectivity index (χ4v) is 4.00. The highest BCUT2D eigenvalue weighted by molar-refractivity contribution is 5.71. The lowest BCUT2D eigenvalue weighted by molar-refractivity contribution is -0.140. The Bertz CT molecular complexity index is 1200. The van der Waals surface area contributed by atoms with E-state index in [2.05, 4.69) is 22.0 Å². The Morgan fingerprint density at radius 2 is 1.94 bits per heavy atom. The smallest absolute Gasteiger partial charge is 0.307 e. The first kappa shape index (κ1) is 23.4. The summed E-state index contributed by atoms with van der Waals surface area (Å²) in [7, 11) is 3.01. The van der Waals surface area contributed by atoms with Crippen LogP contribution in [0.1, 0.15) is 55.0 Å². The predicted molar refractivity (Wildman–Crippen MR) is 127 cm³/mol. The molecule has 0 saturated heterocycles. The Kier molecular flexibility index (Phi) is 7.48. The Labute approximate surface area is 199 Å². The minimum atomic E-state index is -0.376. The first-order valence-electron chi connectivity index (χ1n) is 11.4. The summed E-state index contributed by atoms with van der Waals surface area (Å²) in [4.78, 5) is 12.2. The molecular formula is C27H28N2O5. The summed E-state index contributed by atoms with van der Waals surface area (Å²) in [5.41, 5.74) is 2.43. The molecule has 1 unspecified atom stereocenters. The predicted octanol–water partition coefficient (Wildman–Crippen LogP) is 5.07. The van der Waals surface area contributed by atoms with Crippen LogP contribution in [0.25, 0.3) is 11.5 Å². The Hall–Kier alpha value is -3.79. The second kappa shape index (κ2) is 10.9. The number of esters is 1. The zero-order chi connectivity index (χ0) is 23.9. The van der Waals surface area contributed by atoms with E-state index in [4.69, 9.17) is 18.6 Å². The van der Waals surface area contributed by atoms with Crippen molar-refractivity contribution in [2.75, 3.05) is 14.2 Å². The van der Waals surface area contributed by atoms with E-state index in [0.29, 0.717) is 23.3 Å². The van der Waals surface area contributed by atoms with Gasteiger partial charge in [-0.2, -0.15) is 0 Å². The van der Waals surface area contributed by atoms with Crippen molar-refractivity contribution >= 4 is 5.97 Å². The summed E-state index contributed by atoms with van der Waals surface area (Å²) in [5, 5.41) is 7.95. The molecule has 1 fully saturated rings. The number of methoxy groups -OCH3 is 2. The fourth-order valence-electron chi connectivity index (χ4n) is 4.00. The van der Waals surface area contributed by atoms with Crippen molar-refractivity contribution in [1.82, 2.24) is 10.2 Å². The summed E-state index contributed by atoms with van der Waals surface area (Å²) in [5.74, 6) is 8.02. The molecule has 3 aromatic rings. The maximum absolute atomic E-state index is 12.2. The van der Waals surface area contributed by atoms with Gasteiger partial charge in [0.05, 0.1) is 32.7 Å². The van der Waals surface area contributed by atoms with E-state index < -0.39 is 0 Å². The monoisotopic (exact) mass is 460 g/mol. The highest BCUT2D eigenvalue weighted by Crippen LogP contribution is 2.35. The number of hydrogen-bond donors (Lipinski definition) is 0. The van der Waals surface area contributed by atoms with E-state index in [-0.39, 0.29) is 24.4 Å². The lowest BCUT2D eigenvalue weighted by Crippen LogP contribution is -2.12. The summed E-state index contributed by atoms with van der Waals surface area (Å²) in [6.07, 6.45) is 4.73. The third-order valence-electron chi connectivity index (χ3n) is 5.81. The van der Waals surface area contributed by atoms with Crippen LogP contribution in [-0.4, -0.2) is 36.5 Å². The maximum Gasteiger partial charge on any atom is 0.307 e. The summed E-state index contributed by atoms with van der Waals surface area (Å²) >= 11 is 0. The number of rotatable bonds is 7. The largest absolute Gasteiger partial charge is 0.493 e. The van der Waals surface area contributed by atoms with Crippen LogP contribution in [-0.2, 0) is 9.53 Å². The van der Waals surface area contributed by atoms with Crippen LogP contribution >= 0.6 is 0 Å². The SMILES string of the molecule is COC(=O)CC(C#Cc1cccc(-c2nnc(C)o2)c1)c1ccc(OC)c(OC2CCCC2)c1. The average molecular weight is 461 g/mol. The van der Waals surface area contributed by atoms with Crippen LogP contribution in [0.3, 0.4) is 0 Å². The first-order chi connectivity index (χ1) is 16.6. The van der Waals surface area contributed by atoms with E-state index in [9.17, 15) is 4.79 Å². The van der Waals surface area contributed by atoms with Crippen LogP contribution in [0, 0.1) is 18.8 Å². The molecule has 2 aromatic carbocycles. The van der Waals surface area contributed by atoms with E-state index in [1.807, 2.05) is 42.5 Å². The standard InChI is InChI=1S/C27H28N2O5/c1-18-28-29-27(33-18)22-8-6-7-19(15-22)11-12-21(17-26(30)32-3)20-13-14-24(31-2)25(16-20)34-23-9-4-5-10-23/h6-8,13-16,21,23H,4-5,9-10,17H2,1-3H3. The van der Waals surface area contributed by atoms with Crippen LogP contribution in [0.2, 0.25) is 0 Å². The average Bonchev–Trinajstić information content (AvgIpc) is 3.53. The molecule has 176 valence electrons. The summed E-state index contributed by atoms with van der Waals surface area (Å²) < 4.78 is 22.2. The number of benzene rings is 2. The lowest BCUT2D eigenvalue weighted by atomic mass is 9.95. The van der Waals surface area contributed by atoms with Gasteiger partial charge in [-0.25, -0.2) is 0 Å². The van der Waals surface area contributed by atoms with E-state index in [1.54, 1.807) is 14.0 Å². The molecule has 0 spiro atoms. The van der Waals surface area contributed by atoms with Crippen molar-refractivity contribution in [3.05, 3.63) is 59.5 Å². The van der Waals surface area contributed by atoms with Gasteiger partial charge in [-0.3, -0.25) is 4.79 Å². The Balaban J connectivity index is 1.63. The second-order valence-corrected chi connectivity index (χ2v) is 8.24. The van der Waals surface area contributed by atoms with Crippen molar-refractivity contribution in [2.24, 2.45) is 0 Å². The van der Waals surface area contributed by atoms with Crippen molar-refractivity contribution in [3.63, 3.8) is 0 Å². The molecule has 34 heavy (non-hydrogen) atoms. The number of aryl methyl sites for hydroxylation is 1. The van der Waals surface area contributed by atoms with Gasteiger partial charge in [0.15, 0.2) is 11.5 Å². The minimum Gasteiger partial charge on any atom is -0.493 e. The maximum atomic E-state index is 12.2. The van der Waals surface area contributed by atoms with E-state index in [0.717, 1.165) is 29.5 Å². The topological polar surface area (TPSA) is 83.7 Å². The molecule has 1 saturated carbocycles. The van der Waals surface area contributed by atoms with Gasteiger partial charge >= 0.3 is 5.97 Å². The van der Waals surface area contributed by atoms with Crippen LogP contribution in [0.4, 0.5) is 0 Å². The number of hydrogen-bond acceptors (Lipinski definition) is 7. The number of carbonyl (C=O) groups excluding carboxylic acids is 1. The molecule has 1 aliphatic carbocycles. The molecule has 0 amide bonds. The van der Waals surface area contributed by atoms with Gasteiger partial charge in [-0.1, -0.05) is 24.0 Å². The van der Waals surface area contributed by atoms with Crippen molar-refractivity contribution in [1.29, 1.82) is 0 Å². The van der Waals surface area contributed by atoms with Crippen molar-refractivity contribution in [2.45, 2.75) is 51.0 Å². The van der Waals surface area contributed by atoms with E-state index >= 15 is 0 Å². The van der Waals surface area contributed by atoms with Gasteiger partial charge in [-0.05, 0) is 61.6 Å². The molecule has 1 aliphatic rings. The third-order valence-corrected chi connectivity index (χ3v) is 5.81. The van der Waals surface area contributed by atoms with Crippen LogP contribution in [0.15, 0.2) is 46.9 Å². The number of nitrogens with zero attached hydrogens (tertiary/aromatic N) is 2. The summed E-state index contributed by atoms with van der Waals surface area (Å²) in [6, 6.07) is 13.3. The minimum absolute atomic E-state index is 0.126. The highest BCUT2D eigenvalue weighted by Gasteiger charge is 2.21. The molecule has 7 heteroatoms. The third kappa shape index (κ3) is 5.76. The molecule has 0 radical (unpaired) electrons. The quantitative estimate of drug-likeness (QED) is 0.359. The lowest BCUT2D eigenvalue weighted by Gasteiger charge is -2.18. The van der Waals surface area contributed by atoms with Crippen molar-refractivity contribution < 1.29 is 23.4 Å². The van der Waals surface area contributed by atoms with Crippen LogP contribution < -0.4 is 9.47 Å². The van der Waals surface area contributed by atoms with Gasteiger partial charge in [0.25, 0.3) is 0 Å². The molecular weight excluding hydrogens is 432 g/mol. The molecule has 1 atom stereocenters. The number of carbonyl (C=O) groups is 1. The second-order valence-electron chi connectivity index (χ2n) is 8.24. The number of ether oxygens (including phenoxy) is 3. The van der Waals surface area contributed by atoms with Crippen LogP contribution in [0.5, 0.6) is 11.5 Å². The van der Waals surface area contributed by atoms with E-state index in [1.165, 1.54) is 20.0 Å². The molecule has 1 heterocycles. The molecule has 7 nitrogen and oxygen atoms in total. The highest BCUT2D eigenvalue weighted by atomic mass is 16.5. The molecule has 0 N–H and O–H groups in total. The van der Waals surface area contributed by atoms with Gasteiger partial charge in [0.1, 0.15) is 0 Å². The zero-order valence-electron chi connectivity index (χ0n) is 19.7. The Morgan fingerprint density at radius 3 is 2.65 bits per heavy atom. The first-order valence-corrected chi connectivity index (χ1v) is 11.4. The van der Waals surface area contributed by atoms with Gasteiger partial charge in [0, 0.05) is 18.1 Å². The zero-order valence-corrected chi connectivity index (χ0v) is 19.7. The fraction of sp³-hybridized carbons (Fsp3) is 0.370. The molecule has 0 bridgehead atoms. The molecule has 1 aromatic heterocycles.